The number of furan rings is 1. The highest BCUT2D eigenvalue weighted by atomic mass is 35.5. The summed E-state index contributed by atoms with van der Waals surface area (Å²) in [6.07, 6.45) is 3.13. The van der Waals surface area contributed by atoms with Gasteiger partial charge in [-0.05, 0) is 54.1 Å². The van der Waals surface area contributed by atoms with E-state index in [9.17, 15) is 4.79 Å². The molecule has 0 bridgehead atoms. The second kappa shape index (κ2) is 8.23. The zero-order chi connectivity index (χ0) is 18.5. The molecule has 0 radical (unpaired) electrons. The minimum absolute atomic E-state index is 0.175. The van der Waals surface area contributed by atoms with Crippen LogP contribution in [0, 0.1) is 0 Å². The van der Waals surface area contributed by atoms with E-state index in [0.717, 1.165) is 5.56 Å². The summed E-state index contributed by atoms with van der Waals surface area (Å²) in [4.78, 5) is 12.0. The van der Waals surface area contributed by atoms with Crippen molar-refractivity contribution in [1.82, 2.24) is 0 Å². The van der Waals surface area contributed by atoms with E-state index < -0.39 is 0 Å². The first-order valence-corrected chi connectivity index (χ1v) is 8.55. The van der Waals surface area contributed by atoms with Crippen molar-refractivity contribution in [2.24, 2.45) is 0 Å². The highest BCUT2D eigenvalue weighted by Crippen LogP contribution is 2.31. The number of aliphatic hydroxyl groups is 1. The lowest BCUT2D eigenvalue weighted by atomic mass is 10.1. The summed E-state index contributed by atoms with van der Waals surface area (Å²) in [6.45, 7) is -0.175. The molecule has 2 aromatic carbocycles. The minimum Gasteiger partial charge on any atom is -0.459 e. The Morgan fingerprint density at radius 2 is 1.85 bits per heavy atom. The molecule has 3 rings (SSSR count). The van der Waals surface area contributed by atoms with Crippen LogP contribution in [0.1, 0.15) is 11.3 Å². The third-order valence-corrected chi connectivity index (χ3v) is 4.18. The van der Waals surface area contributed by atoms with Gasteiger partial charge in [0, 0.05) is 22.3 Å². The number of hydrogen-bond donors (Lipinski definition) is 2. The first-order valence-electron chi connectivity index (χ1n) is 7.79. The molecule has 6 heteroatoms. The molecule has 2 N–H and O–H groups in total. The van der Waals surface area contributed by atoms with Crippen LogP contribution in [0.25, 0.3) is 17.4 Å². The Balaban J connectivity index is 1.69. The summed E-state index contributed by atoms with van der Waals surface area (Å²) in [5.41, 5.74) is 2.12. The van der Waals surface area contributed by atoms with Crippen LogP contribution in [-0.2, 0) is 11.4 Å². The lowest BCUT2D eigenvalue weighted by molar-refractivity contribution is -0.111. The summed E-state index contributed by atoms with van der Waals surface area (Å²) in [5.74, 6) is 0.740. The maximum Gasteiger partial charge on any atom is 0.248 e. The number of carbonyl (C=O) groups excluding carboxylic acids is 1. The Labute approximate surface area is 160 Å². The molecule has 0 unspecified atom stereocenters. The van der Waals surface area contributed by atoms with Crippen molar-refractivity contribution in [2.45, 2.75) is 6.61 Å². The van der Waals surface area contributed by atoms with Gasteiger partial charge in [-0.2, -0.15) is 0 Å². The minimum atomic E-state index is -0.274. The number of benzene rings is 2. The summed E-state index contributed by atoms with van der Waals surface area (Å²) in [7, 11) is 0. The fourth-order valence-corrected chi connectivity index (χ4v) is 2.73. The van der Waals surface area contributed by atoms with E-state index in [1.165, 1.54) is 6.08 Å². The third-order valence-electron chi connectivity index (χ3n) is 3.62. The maximum absolute atomic E-state index is 12.0. The van der Waals surface area contributed by atoms with E-state index in [2.05, 4.69) is 5.32 Å². The zero-order valence-corrected chi connectivity index (χ0v) is 15.1. The van der Waals surface area contributed by atoms with Crippen LogP contribution >= 0.6 is 23.2 Å². The number of halogens is 2. The Hall–Kier alpha value is -2.53. The molecule has 4 nitrogen and oxygen atoms in total. The van der Waals surface area contributed by atoms with Crippen molar-refractivity contribution in [2.75, 3.05) is 5.32 Å². The molecule has 0 saturated heterocycles. The summed E-state index contributed by atoms with van der Waals surface area (Å²) >= 11 is 12.1. The molecule has 0 aliphatic carbocycles. The summed E-state index contributed by atoms with van der Waals surface area (Å²) in [5, 5.41) is 12.9. The molecule has 3 aromatic rings. The largest absolute Gasteiger partial charge is 0.459 e. The van der Waals surface area contributed by atoms with Crippen molar-refractivity contribution in [3.8, 4) is 11.3 Å². The predicted octanol–water partition coefficient (Wildman–Crippen LogP) is 5.40. The van der Waals surface area contributed by atoms with Crippen LogP contribution in [-0.4, -0.2) is 11.0 Å². The smallest absolute Gasteiger partial charge is 0.248 e. The van der Waals surface area contributed by atoms with Crippen molar-refractivity contribution >= 4 is 40.9 Å². The molecule has 26 heavy (non-hydrogen) atoms. The Kier molecular flexibility index (Phi) is 5.78. The van der Waals surface area contributed by atoms with Crippen LogP contribution in [0.3, 0.4) is 0 Å². The highest BCUT2D eigenvalue weighted by Gasteiger charge is 2.10. The highest BCUT2D eigenvalue weighted by molar-refractivity contribution is 6.33. The first kappa shape index (κ1) is 18.3. The van der Waals surface area contributed by atoms with Gasteiger partial charge in [0.1, 0.15) is 18.1 Å². The van der Waals surface area contributed by atoms with Crippen LogP contribution in [0.4, 0.5) is 5.69 Å². The molecular formula is C20H15Cl2NO3. The van der Waals surface area contributed by atoms with Crippen molar-refractivity contribution in [3.05, 3.63) is 82.0 Å². The standard InChI is InChI=1S/C20H15Cl2NO3/c21-14-4-1-13(2-5-14)3-10-20(25)23-15-6-8-17(18(22)11-15)19-9-7-16(12-24)26-19/h1-11,24H,12H2,(H,23,25)/b10-3+. The van der Waals surface area contributed by atoms with Gasteiger partial charge in [0.05, 0.1) is 5.02 Å². The van der Waals surface area contributed by atoms with E-state index in [4.69, 9.17) is 32.7 Å². The molecule has 0 aliphatic heterocycles. The van der Waals surface area contributed by atoms with E-state index in [1.54, 1.807) is 48.5 Å². The predicted molar refractivity (Wildman–Crippen MR) is 104 cm³/mol. The van der Waals surface area contributed by atoms with E-state index in [0.29, 0.717) is 32.8 Å². The average molecular weight is 388 g/mol. The van der Waals surface area contributed by atoms with Gasteiger partial charge in [-0.3, -0.25) is 4.79 Å². The second-order valence-electron chi connectivity index (χ2n) is 5.49. The van der Waals surface area contributed by atoms with Crippen molar-refractivity contribution in [3.63, 3.8) is 0 Å². The third kappa shape index (κ3) is 4.55. The topological polar surface area (TPSA) is 62.5 Å². The van der Waals surface area contributed by atoms with Crippen LogP contribution in [0.15, 0.2) is 65.1 Å². The maximum atomic E-state index is 12.0. The molecule has 0 fully saturated rings. The Bertz CT molecular complexity index is 946. The Morgan fingerprint density at radius 1 is 1.08 bits per heavy atom. The lowest BCUT2D eigenvalue weighted by Crippen LogP contribution is -2.07. The van der Waals surface area contributed by atoms with Gasteiger partial charge in [0.15, 0.2) is 0 Å². The monoisotopic (exact) mass is 387 g/mol. The summed E-state index contributed by atoms with van der Waals surface area (Å²) < 4.78 is 5.47. The number of anilines is 1. The quantitative estimate of drug-likeness (QED) is 0.576. The van der Waals surface area contributed by atoms with Crippen LogP contribution < -0.4 is 5.32 Å². The van der Waals surface area contributed by atoms with Gasteiger partial charge in [-0.15, -0.1) is 0 Å². The molecule has 132 valence electrons. The Morgan fingerprint density at radius 3 is 2.50 bits per heavy atom. The normalized spacial score (nSPS) is 11.0. The van der Waals surface area contributed by atoms with E-state index in [1.807, 2.05) is 12.1 Å². The molecule has 1 aromatic heterocycles. The number of amides is 1. The fourth-order valence-electron chi connectivity index (χ4n) is 2.33. The number of rotatable bonds is 5. The van der Waals surface area contributed by atoms with Gasteiger partial charge < -0.3 is 14.8 Å². The van der Waals surface area contributed by atoms with Gasteiger partial charge in [0.25, 0.3) is 0 Å². The molecule has 1 heterocycles. The molecule has 0 saturated carbocycles. The SMILES string of the molecule is O=C(/C=C/c1ccc(Cl)cc1)Nc1ccc(-c2ccc(CO)o2)c(Cl)c1. The fraction of sp³-hybridized carbons (Fsp3) is 0.0500. The van der Waals surface area contributed by atoms with Crippen molar-refractivity contribution < 1.29 is 14.3 Å². The zero-order valence-electron chi connectivity index (χ0n) is 13.6. The average Bonchev–Trinajstić information content (AvgIpc) is 3.10. The van der Waals surface area contributed by atoms with E-state index >= 15 is 0 Å². The second-order valence-corrected chi connectivity index (χ2v) is 6.34. The van der Waals surface area contributed by atoms with Crippen molar-refractivity contribution in [1.29, 1.82) is 0 Å². The first-order chi connectivity index (χ1) is 12.5. The molecule has 0 atom stereocenters. The molecule has 1 amide bonds. The molecular weight excluding hydrogens is 373 g/mol. The molecule has 0 spiro atoms. The van der Waals surface area contributed by atoms with Gasteiger partial charge in [-0.25, -0.2) is 0 Å². The van der Waals surface area contributed by atoms with Gasteiger partial charge in [0.2, 0.25) is 5.91 Å². The van der Waals surface area contributed by atoms with Gasteiger partial charge in [-0.1, -0.05) is 35.3 Å². The summed E-state index contributed by atoms with van der Waals surface area (Å²) in [6, 6.07) is 15.7. The number of aliphatic hydroxyl groups excluding tert-OH is 1. The van der Waals surface area contributed by atoms with E-state index in [-0.39, 0.29) is 12.5 Å². The number of carbonyl (C=O) groups is 1. The lowest BCUT2D eigenvalue weighted by Gasteiger charge is -2.06. The number of hydrogen-bond acceptors (Lipinski definition) is 3. The number of nitrogens with one attached hydrogen (secondary N) is 1. The molecule has 0 aliphatic rings. The van der Waals surface area contributed by atoms with Crippen LogP contribution in [0.5, 0.6) is 0 Å². The van der Waals surface area contributed by atoms with Gasteiger partial charge >= 0.3 is 0 Å². The van der Waals surface area contributed by atoms with Crippen LogP contribution in [0.2, 0.25) is 10.0 Å².